The van der Waals surface area contributed by atoms with Crippen molar-refractivity contribution in [2.75, 3.05) is 26.2 Å². The summed E-state index contributed by atoms with van der Waals surface area (Å²) in [7, 11) is 0. The molecule has 1 atom stereocenters. The van der Waals surface area contributed by atoms with Crippen molar-refractivity contribution >= 4 is 0 Å². The minimum atomic E-state index is -0.384. The molecule has 128 valence electrons. The zero-order valence-electron chi connectivity index (χ0n) is 14.1. The molecule has 2 aromatic rings. The Kier molecular flexibility index (Phi) is 6.35. The molecule has 0 spiro atoms. The van der Waals surface area contributed by atoms with E-state index in [1.807, 2.05) is 48.7 Å². The van der Waals surface area contributed by atoms with Crippen LogP contribution < -0.4 is 5.32 Å². The van der Waals surface area contributed by atoms with Gasteiger partial charge in [-0.2, -0.15) is 0 Å². The zero-order chi connectivity index (χ0) is 16.6. The number of piperidine rings is 1. The van der Waals surface area contributed by atoms with Crippen LogP contribution >= 0.6 is 0 Å². The van der Waals surface area contributed by atoms with E-state index in [0.29, 0.717) is 0 Å². The number of pyridine rings is 1. The number of aliphatic hydroxyl groups excluding tert-OH is 1. The Balaban J connectivity index is 1.35. The first kappa shape index (κ1) is 17.1. The van der Waals surface area contributed by atoms with Gasteiger partial charge in [0, 0.05) is 19.3 Å². The Morgan fingerprint density at radius 2 is 1.83 bits per heavy atom. The van der Waals surface area contributed by atoms with Gasteiger partial charge in [-0.25, -0.2) is 0 Å². The fourth-order valence-electron chi connectivity index (χ4n) is 3.31. The maximum absolute atomic E-state index is 10.3. The van der Waals surface area contributed by atoms with Gasteiger partial charge in [-0.1, -0.05) is 36.4 Å². The molecule has 0 saturated carbocycles. The number of hydrogen-bond acceptors (Lipinski definition) is 4. The molecular formula is C20H27N3O. The number of nitrogens with zero attached hydrogens (tertiary/aromatic N) is 2. The molecule has 0 unspecified atom stereocenters. The number of rotatable bonds is 7. The summed E-state index contributed by atoms with van der Waals surface area (Å²) >= 11 is 0. The number of nitrogens with one attached hydrogen (secondary N) is 1. The van der Waals surface area contributed by atoms with Crippen LogP contribution in [0.25, 0.3) is 0 Å². The molecule has 2 N–H and O–H groups in total. The van der Waals surface area contributed by atoms with Gasteiger partial charge in [0.1, 0.15) is 0 Å². The fourth-order valence-corrected chi connectivity index (χ4v) is 3.31. The Bertz CT molecular complexity index is 582. The summed E-state index contributed by atoms with van der Waals surface area (Å²) < 4.78 is 0. The van der Waals surface area contributed by atoms with Gasteiger partial charge in [0.15, 0.2) is 0 Å². The van der Waals surface area contributed by atoms with Crippen molar-refractivity contribution in [1.82, 2.24) is 15.2 Å². The molecule has 0 radical (unpaired) electrons. The third-order valence-corrected chi connectivity index (χ3v) is 4.79. The van der Waals surface area contributed by atoms with Crippen molar-refractivity contribution in [2.24, 2.45) is 5.92 Å². The predicted molar refractivity (Wildman–Crippen MR) is 96.5 cm³/mol. The maximum Gasteiger partial charge on any atom is 0.0916 e. The first-order valence-electron chi connectivity index (χ1n) is 8.87. The third-order valence-electron chi connectivity index (χ3n) is 4.79. The van der Waals surface area contributed by atoms with Crippen LogP contribution in [0.2, 0.25) is 0 Å². The summed E-state index contributed by atoms with van der Waals surface area (Å²) in [6.45, 7) is 4.76. The van der Waals surface area contributed by atoms with Crippen molar-refractivity contribution in [3.8, 4) is 0 Å². The highest BCUT2D eigenvalue weighted by atomic mass is 16.3. The normalized spacial score (nSPS) is 17.7. The first-order valence-corrected chi connectivity index (χ1v) is 8.87. The van der Waals surface area contributed by atoms with E-state index in [4.69, 9.17) is 0 Å². The molecular weight excluding hydrogens is 298 g/mol. The minimum absolute atomic E-state index is 0.384. The molecule has 4 nitrogen and oxygen atoms in total. The second-order valence-corrected chi connectivity index (χ2v) is 6.62. The second-order valence-electron chi connectivity index (χ2n) is 6.62. The lowest BCUT2D eigenvalue weighted by molar-refractivity contribution is 0.0891. The van der Waals surface area contributed by atoms with E-state index in [2.05, 4.69) is 21.3 Å². The number of likely N-dealkylation sites (tertiary alicyclic amines) is 1. The lowest BCUT2D eigenvalue weighted by Crippen LogP contribution is -2.39. The van der Waals surface area contributed by atoms with Crippen molar-refractivity contribution in [2.45, 2.75) is 25.5 Å². The van der Waals surface area contributed by atoms with Crippen LogP contribution in [0.15, 0.2) is 54.7 Å². The Hall–Kier alpha value is -1.75. The van der Waals surface area contributed by atoms with Gasteiger partial charge < -0.3 is 15.3 Å². The van der Waals surface area contributed by atoms with Gasteiger partial charge in [0.25, 0.3) is 0 Å². The molecule has 1 fully saturated rings. The molecule has 1 aliphatic rings. The zero-order valence-corrected chi connectivity index (χ0v) is 14.1. The topological polar surface area (TPSA) is 48.4 Å². The highest BCUT2D eigenvalue weighted by Crippen LogP contribution is 2.20. The lowest BCUT2D eigenvalue weighted by atomic mass is 9.96. The Labute approximate surface area is 144 Å². The largest absolute Gasteiger partial charge is 0.387 e. The van der Waals surface area contributed by atoms with Crippen LogP contribution in [0.4, 0.5) is 0 Å². The van der Waals surface area contributed by atoms with Crippen LogP contribution in [0.1, 0.15) is 30.2 Å². The van der Waals surface area contributed by atoms with Crippen molar-refractivity contribution in [1.29, 1.82) is 0 Å². The summed E-state index contributed by atoms with van der Waals surface area (Å²) in [5.74, 6) is 0.721. The monoisotopic (exact) mass is 325 g/mol. The predicted octanol–water partition coefficient (Wildman–Crippen LogP) is 2.62. The van der Waals surface area contributed by atoms with Gasteiger partial charge in [0.2, 0.25) is 0 Å². The van der Waals surface area contributed by atoms with E-state index in [1.54, 1.807) is 0 Å². The SMILES string of the molecule is O[C@H](CN1CCC(CNCc2ccccn2)CC1)c1ccccc1. The van der Waals surface area contributed by atoms with Crippen molar-refractivity contribution in [3.05, 3.63) is 66.0 Å². The van der Waals surface area contributed by atoms with Gasteiger partial charge >= 0.3 is 0 Å². The minimum Gasteiger partial charge on any atom is -0.387 e. The molecule has 0 bridgehead atoms. The van der Waals surface area contributed by atoms with Gasteiger partial charge in [0.05, 0.1) is 11.8 Å². The van der Waals surface area contributed by atoms with Crippen LogP contribution in [-0.4, -0.2) is 41.2 Å². The number of β-amino-alcohol motifs (C(OH)–C–C–N with tert-alkyl or cyclic N) is 1. The molecule has 2 heterocycles. The van der Waals surface area contributed by atoms with E-state index in [9.17, 15) is 5.11 Å². The summed E-state index contributed by atoms with van der Waals surface area (Å²) in [5, 5.41) is 13.9. The second kappa shape index (κ2) is 8.92. The Morgan fingerprint density at radius 1 is 1.08 bits per heavy atom. The molecule has 3 rings (SSSR count). The molecule has 1 aliphatic heterocycles. The van der Waals surface area contributed by atoms with Gasteiger partial charge in [-0.05, 0) is 56.1 Å². The average Bonchev–Trinajstić information content (AvgIpc) is 2.65. The van der Waals surface area contributed by atoms with Crippen molar-refractivity contribution in [3.63, 3.8) is 0 Å². The van der Waals surface area contributed by atoms with E-state index in [0.717, 1.165) is 49.9 Å². The molecule has 0 amide bonds. The van der Waals surface area contributed by atoms with Crippen LogP contribution in [0.5, 0.6) is 0 Å². The summed E-state index contributed by atoms with van der Waals surface area (Å²) in [4.78, 5) is 6.72. The molecule has 1 aromatic heterocycles. The van der Waals surface area contributed by atoms with Crippen LogP contribution in [0.3, 0.4) is 0 Å². The number of aliphatic hydroxyl groups is 1. The van der Waals surface area contributed by atoms with E-state index >= 15 is 0 Å². The average molecular weight is 325 g/mol. The Morgan fingerprint density at radius 3 is 2.54 bits per heavy atom. The van der Waals surface area contributed by atoms with Crippen molar-refractivity contribution < 1.29 is 5.11 Å². The highest BCUT2D eigenvalue weighted by Gasteiger charge is 2.21. The summed E-state index contributed by atoms with van der Waals surface area (Å²) in [6.07, 6.45) is 3.84. The van der Waals surface area contributed by atoms with E-state index in [-0.39, 0.29) is 6.10 Å². The molecule has 1 aromatic carbocycles. The molecule has 24 heavy (non-hydrogen) atoms. The lowest BCUT2D eigenvalue weighted by Gasteiger charge is -2.33. The van der Waals surface area contributed by atoms with Crippen LogP contribution in [-0.2, 0) is 6.54 Å². The summed E-state index contributed by atoms with van der Waals surface area (Å²) in [5.41, 5.74) is 2.11. The third kappa shape index (κ3) is 5.13. The van der Waals surface area contributed by atoms with Gasteiger partial charge in [-0.15, -0.1) is 0 Å². The fraction of sp³-hybridized carbons (Fsp3) is 0.450. The quantitative estimate of drug-likeness (QED) is 0.821. The first-order chi connectivity index (χ1) is 11.8. The smallest absolute Gasteiger partial charge is 0.0916 e. The number of hydrogen-bond donors (Lipinski definition) is 2. The number of benzene rings is 1. The van der Waals surface area contributed by atoms with E-state index < -0.39 is 0 Å². The molecule has 0 aliphatic carbocycles. The van der Waals surface area contributed by atoms with E-state index in [1.165, 1.54) is 12.8 Å². The molecule has 1 saturated heterocycles. The van der Waals surface area contributed by atoms with Crippen LogP contribution in [0, 0.1) is 5.92 Å². The summed E-state index contributed by atoms with van der Waals surface area (Å²) in [6, 6.07) is 16.0. The number of aromatic nitrogens is 1. The molecule has 4 heteroatoms. The standard InChI is InChI=1S/C20H27N3O/c24-20(18-6-2-1-3-7-18)16-23-12-9-17(10-13-23)14-21-15-19-8-4-5-11-22-19/h1-8,11,17,20-21,24H,9-10,12-16H2/t20-/m1/s1. The van der Waals surface area contributed by atoms with Gasteiger partial charge in [-0.3, -0.25) is 4.98 Å². The maximum atomic E-state index is 10.3. The highest BCUT2D eigenvalue weighted by molar-refractivity contribution is 5.17.